The summed E-state index contributed by atoms with van der Waals surface area (Å²) in [5.74, 6) is 0.672. The summed E-state index contributed by atoms with van der Waals surface area (Å²) in [7, 11) is 3.86. The second-order valence-corrected chi connectivity index (χ2v) is 5.58. The molecule has 4 nitrogen and oxygen atoms in total. The molecule has 0 saturated carbocycles. The lowest BCUT2D eigenvalue weighted by atomic mass is 9.90. The number of amides is 1. The summed E-state index contributed by atoms with van der Waals surface area (Å²) in [5.41, 5.74) is 7.80. The molecule has 0 bridgehead atoms. The van der Waals surface area contributed by atoms with Crippen LogP contribution in [0.4, 0.5) is 5.69 Å². The Morgan fingerprint density at radius 3 is 2.68 bits per heavy atom. The molecular weight excluding hydrogens is 238 g/mol. The highest BCUT2D eigenvalue weighted by Gasteiger charge is 2.24. The van der Waals surface area contributed by atoms with E-state index < -0.39 is 0 Å². The van der Waals surface area contributed by atoms with Gasteiger partial charge in [-0.3, -0.25) is 4.79 Å². The number of hydrogen-bond acceptors (Lipinski definition) is 3. The molecule has 1 saturated heterocycles. The third-order valence-corrected chi connectivity index (χ3v) is 3.63. The van der Waals surface area contributed by atoms with Crippen LogP contribution in [0.3, 0.4) is 0 Å². The molecule has 0 aliphatic carbocycles. The summed E-state index contributed by atoms with van der Waals surface area (Å²) in [6.07, 6.45) is 2.23. The Bertz CT molecular complexity index is 428. The van der Waals surface area contributed by atoms with Gasteiger partial charge in [0.1, 0.15) is 0 Å². The van der Waals surface area contributed by atoms with Crippen molar-refractivity contribution in [2.75, 3.05) is 39.5 Å². The number of nitrogen functional groups attached to an aromatic ring is 1. The first kappa shape index (κ1) is 13.9. The first-order valence-electron chi connectivity index (χ1n) is 6.84. The molecule has 2 rings (SSSR count). The predicted molar refractivity (Wildman–Crippen MR) is 78.0 cm³/mol. The average Bonchev–Trinajstić information content (AvgIpc) is 2.39. The fraction of sp³-hybridized carbons (Fsp3) is 0.533. The summed E-state index contributed by atoms with van der Waals surface area (Å²) >= 11 is 0. The van der Waals surface area contributed by atoms with Gasteiger partial charge in [0.05, 0.1) is 6.54 Å². The quantitative estimate of drug-likeness (QED) is 0.840. The van der Waals surface area contributed by atoms with Crippen LogP contribution in [0.25, 0.3) is 0 Å². The van der Waals surface area contributed by atoms with Gasteiger partial charge < -0.3 is 15.5 Å². The maximum atomic E-state index is 12.1. The van der Waals surface area contributed by atoms with Crippen molar-refractivity contribution < 1.29 is 4.79 Å². The Kier molecular flexibility index (Phi) is 4.43. The van der Waals surface area contributed by atoms with Gasteiger partial charge in [-0.05, 0) is 44.6 Å². The van der Waals surface area contributed by atoms with Crippen LogP contribution in [0, 0.1) is 0 Å². The lowest BCUT2D eigenvalue weighted by Gasteiger charge is -2.33. The molecule has 2 N–H and O–H groups in total. The molecule has 0 radical (unpaired) electrons. The van der Waals surface area contributed by atoms with E-state index in [2.05, 4.69) is 12.1 Å². The van der Waals surface area contributed by atoms with Gasteiger partial charge in [-0.15, -0.1) is 0 Å². The van der Waals surface area contributed by atoms with Gasteiger partial charge >= 0.3 is 0 Å². The molecule has 1 aliphatic heterocycles. The number of hydrogen-bond donors (Lipinski definition) is 1. The first-order chi connectivity index (χ1) is 9.06. The van der Waals surface area contributed by atoms with Crippen molar-refractivity contribution in [2.24, 2.45) is 0 Å². The van der Waals surface area contributed by atoms with Crippen LogP contribution in [0.15, 0.2) is 24.3 Å². The second kappa shape index (κ2) is 6.06. The van der Waals surface area contributed by atoms with E-state index >= 15 is 0 Å². The molecule has 1 aromatic rings. The zero-order valence-corrected chi connectivity index (χ0v) is 11.8. The van der Waals surface area contributed by atoms with Gasteiger partial charge in [-0.2, -0.15) is 0 Å². The number of likely N-dealkylation sites (tertiary alicyclic amines) is 1. The van der Waals surface area contributed by atoms with Crippen LogP contribution in [0.5, 0.6) is 0 Å². The van der Waals surface area contributed by atoms with Crippen molar-refractivity contribution in [1.29, 1.82) is 0 Å². The van der Waals surface area contributed by atoms with Crippen molar-refractivity contribution >= 4 is 11.6 Å². The Morgan fingerprint density at radius 1 is 1.37 bits per heavy atom. The van der Waals surface area contributed by atoms with E-state index in [1.165, 1.54) is 5.56 Å². The highest BCUT2D eigenvalue weighted by atomic mass is 16.2. The number of carbonyl (C=O) groups is 1. The van der Waals surface area contributed by atoms with Crippen molar-refractivity contribution in [3.8, 4) is 0 Å². The lowest BCUT2D eigenvalue weighted by molar-refractivity contribution is -0.133. The minimum absolute atomic E-state index is 0.227. The lowest BCUT2D eigenvalue weighted by Crippen LogP contribution is -2.43. The monoisotopic (exact) mass is 261 g/mol. The van der Waals surface area contributed by atoms with Crippen molar-refractivity contribution in [2.45, 2.75) is 18.8 Å². The molecule has 0 spiro atoms. The molecule has 1 atom stereocenters. The summed E-state index contributed by atoms with van der Waals surface area (Å²) < 4.78 is 0. The average molecular weight is 261 g/mol. The van der Waals surface area contributed by atoms with Gasteiger partial charge in [0.15, 0.2) is 0 Å². The van der Waals surface area contributed by atoms with Crippen molar-refractivity contribution in [1.82, 2.24) is 9.80 Å². The number of benzene rings is 1. The van der Waals surface area contributed by atoms with Gasteiger partial charge in [-0.1, -0.05) is 12.1 Å². The molecular formula is C15H23N3O. The Hall–Kier alpha value is -1.55. The molecule has 1 aromatic carbocycles. The minimum atomic E-state index is 0.227. The van der Waals surface area contributed by atoms with E-state index in [1.54, 1.807) is 0 Å². The van der Waals surface area contributed by atoms with Gasteiger partial charge in [0.25, 0.3) is 0 Å². The van der Waals surface area contributed by atoms with E-state index in [-0.39, 0.29) is 5.91 Å². The Balaban J connectivity index is 2.00. The zero-order valence-electron chi connectivity index (χ0n) is 11.8. The number of rotatable bonds is 3. The number of anilines is 1. The van der Waals surface area contributed by atoms with E-state index in [1.807, 2.05) is 36.0 Å². The predicted octanol–water partition coefficient (Wildman–Crippen LogP) is 1.54. The Morgan fingerprint density at radius 2 is 2.05 bits per heavy atom. The number of nitrogens with zero attached hydrogens (tertiary/aromatic N) is 2. The Labute approximate surface area is 115 Å². The van der Waals surface area contributed by atoms with E-state index in [0.717, 1.165) is 31.6 Å². The number of piperidine rings is 1. The molecule has 1 unspecified atom stereocenters. The fourth-order valence-corrected chi connectivity index (χ4v) is 2.61. The fourth-order valence-electron chi connectivity index (χ4n) is 2.61. The third-order valence-electron chi connectivity index (χ3n) is 3.63. The van der Waals surface area contributed by atoms with Crippen LogP contribution in [-0.4, -0.2) is 49.4 Å². The summed E-state index contributed by atoms with van der Waals surface area (Å²) in [6.45, 7) is 2.21. The van der Waals surface area contributed by atoms with Crippen molar-refractivity contribution in [3.05, 3.63) is 29.8 Å². The van der Waals surface area contributed by atoms with Crippen LogP contribution in [-0.2, 0) is 4.79 Å². The highest BCUT2D eigenvalue weighted by Crippen LogP contribution is 2.27. The highest BCUT2D eigenvalue weighted by molar-refractivity contribution is 5.78. The zero-order chi connectivity index (χ0) is 13.8. The molecule has 1 fully saturated rings. The van der Waals surface area contributed by atoms with E-state index in [4.69, 9.17) is 5.73 Å². The molecule has 104 valence electrons. The summed E-state index contributed by atoms with van der Waals surface area (Å²) in [4.78, 5) is 16.0. The third kappa shape index (κ3) is 3.70. The smallest absolute Gasteiger partial charge is 0.236 e. The standard InChI is InChI=1S/C15H23N3O/c1-17(2)11-15(19)18-9-3-4-13(10-18)12-5-7-14(16)8-6-12/h5-8,13H,3-4,9-11,16H2,1-2H3. The first-order valence-corrected chi connectivity index (χ1v) is 6.84. The maximum Gasteiger partial charge on any atom is 0.236 e. The SMILES string of the molecule is CN(C)CC(=O)N1CCCC(c2ccc(N)cc2)C1. The van der Waals surface area contributed by atoms with Crippen LogP contribution < -0.4 is 5.73 Å². The summed E-state index contributed by atoms with van der Waals surface area (Å²) in [5, 5.41) is 0. The van der Waals surface area contributed by atoms with E-state index in [9.17, 15) is 4.79 Å². The van der Waals surface area contributed by atoms with E-state index in [0.29, 0.717) is 12.5 Å². The number of likely N-dealkylation sites (N-methyl/N-ethyl adjacent to an activating group) is 1. The van der Waals surface area contributed by atoms with Crippen LogP contribution >= 0.6 is 0 Å². The minimum Gasteiger partial charge on any atom is -0.399 e. The van der Waals surface area contributed by atoms with Crippen LogP contribution in [0.2, 0.25) is 0 Å². The van der Waals surface area contributed by atoms with Gasteiger partial charge in [-0.25, -0.2) is 0 Å². The van der Waals surface area contributed by atoms with Crippen LogP contribution in [0.1, 0.15) is 24.3 Å². The number of nitrogens with two attached hydrogens (primary N) is 1. The molecule has 1 amide bonds. The second-order valence-electron chi connectivity index (χ2n) is 5.58. The normalized spacial score (nSPS) is 19.7. The molecule has 0 aromatic heterocycles. The molecule has 1 aliphatic rings. The van der Waals surface area contributed by atoms with Crippen molar-refractivity contribution in [3.63, 3.8) is 0 Å². The largest absolute Gasteiger partial charge is 0.399 e. The molecule has 4 heteroatoms. The maximum absolute atomic E-state index is 12.1. The molecule has 1 heterocycles. The summed E-state index contributed by atoms with van der Waals surface area (Å²) in [6, 6.07) is 8.05. The van der Waals surface area contributed by atoms with Gasteiger partial charge in [0.2, 0.25) is 5.91 Å². The molecule has 19 heavy (non-hydrogen) atoms. The van der Waals surface area contributed by atoms with Gasteiger partial charge in [0, 0.05) is 24.7 Å². The number of carbonyl (C=O) groups excluding carboxylic acids is 1. The topological polar surface area (TPSA) is 49.6 Å².